The second-order valence-corrected chi connectivity index (χ2v) is 7.18. The van der Waals surface area contributed by atoms with Gasteiger partial charge in [-0.25, -0.2) is 5.06 Å². The Bertz CT molecular complexity index is 985. The van der Waals surface area contributed by atoms with Crippen molar-refractivity contribution >= 4 is 5.91 Å². The second kappa shape index (κ2) is 8.76. The van der Waals surface area contributed by atoms with Gasteiger partial charge in [0.2, 0.25) is 0 Å². The SMILES string of the molecule is O=C(c1ccccc1)N(O)[C@@H]1CC=C[C@H]1Cc1cccc(Oc2ccccc2)c1. The summed E-state index contributed by atoms with van der Waals surface area (Å²) in [5.74, 6) is 1.23. The zero-order valence-electron chi connectivity index (χ0n) is 16.0. The van der Waals surface area contributed by atoms with Gasteiger partial charge >= 0.3 is 0 Å². The third-order valence-electron chi connectivity index (χ3n) is 5.15. The molecule has 4 rings (SSSR count). The Morgan fingerprint density at radius 1 is 0.931 bits per heavy atom. The normalized spacial score (nSPS) is 17.8. The number of hydrogen-bond donors (Lipinski definition) is 1. The molecule has 0 unspecified atom stereocenters. The molecule has 0 spiro atoms. The number of hydroxylamine groups is 2. The van der Waals surface area contributed by atoms with Crippen molar-refractivity contribution < 1.29 is 14.7 Å². The fourth-order valence-corrected chi connectivity index (χ4v) is 3.68. The van der Waals surface area contributed by atoms with Gasteiger partial charge < -0.3 is 4.74 Å². The topological polar surface area (TPSA) is 49.8 Å². The fourth-order valence-electron chi connectivity index (χ4n) is 3.68. The zero-order valence-corrected chi connectivity index (χ0v) is 16.0. The molecule has 0 saturated heterocycles. The molecule has 3 aromatic rings. The molecule has 0 radical (unpaired) electrons. The molecule has 0 bridgehead atoms. The van der Waals surface area contributed by atoms with Crippen molar-refractivity contribution in [1.29, 1.82) is 0 Å². The quantitative estimate of drug-likeness (QED) is 0.346. The largest absolute Gasteiger partial charge is 0.457 e. The van der Waals surface area contributed by atoms with E-state index in [1.807, 2.05) is 66.7 Å². The van der Waals surface area contributed by atoms with Crippen LogP contribution in [0, 0.1) is 5.92 Å². The number of nitrogens with zero attached hydrogens (tertiary/aromatic N) is 1. The van der Waals surface area contributed by atoms with E-state index in [9.17, 15) is 10.0 Å². The summed E-state index contributed by atoms with van der Waals surface area (Å²) in [4.78, 5) is 12.6. The minimum absolute atomic E-state index is 0.0413. The molecule has 4 nitrogen and oxygen atoms in total. The van der Waals surface area contributed by atoms with E-state index in [0.717, 1.165) is 22.1 Å². The molecule has 29 heavy (non-hydrogen) atoms. The van der Waals surface area contributed by atoms with E-state index in [1.54, 1.807) is 24.3 Å². The average Bonchev–Trinajstić information content (AvgIpc) is 3.22. The summed E-state index contributed by atoms with van der Waals surface area (Å²) < 4.78 is 5.92. The van der Waals surface area contributed by atoms with Gasteiger partial charge in [0, 0.05) is 11.5 Å². The van der Waals surface area contributed by atoms with Crippen LogP contribution in [0.1, 0.15) is 22.3 Å². The zero-order chi connectivity index (χ0) is 20.1. The number of benzene rings is 3. The molecule has 1 N–H and O–H groups in total. The van der Waals surface area contributed by atoms with Crippen LogP contribution in [0.5, 0.6) is 11.5 Å². The number of hydrogen-bond acceptors (Lipinski definition) is 3. The maximum atomic E-state index is 12.6. The summed E-state index contributed by atoms with van der Waals surface area (Å²) in [7, 11) is 0. The number of ether oxygens (including phenoxy) is 1. The van der Waals surface area contributed by atoms with Gasteiger partial charge in [0.25, 0.3) is 5.91 Å². The highest BCUT2D eigenvalue weighted by Crippen LogP contribution is 2.29. The molecule has 0 aliphatic heterocycles. The van der Waals surface area contributed by atoms with Crippen LogP contribution in [0.4, 0.5) is 0 Å². The number of amides is 1. The monoisotopic (exact) mass is 385 g/mol. The van der Waals surface area contributed by atoms with Gasteiger partial charge in [0.1, 0.15) is 11.5 Å². The van der Waals surface area contributed by atoms with Crippen molar-refractivity contribution in [2.75, 3.05) is 0 Å². The summed E-state index contributed by atoms with van der Waals surface area (Å²) in [5, 5.41) is 11.5. The third kappa shape index (κ3) is 4.55. The van der Waals surface area contributed by atoms with Gasteiger partial charge in [-0.2, -0.15) is 0 Å². The molecule has 3 aromatic carbocycles. The van der Waals surface area contributed by atoms with Crippen LogP contribution < -0.4 is 4.74 Å². The predicted molar refractivity (Wildman–Crippen MR) is 112 cm³/mol. The molecular formula is C25H23NO3. The molecular weight excluding hydrogens is 362 g/mol. The first-order valence-corrected chi connectivity index (χ1v) is 9.77. The molecule has 0 fully saturated rings. The van der Waals surface area contributed by atoms with E-state index in [0.29, 0.717) is 18.4 Å². The summed E-state index contributed by atoms with van der Waals surface area (Å²) in [6.45, 7) is 0. The van der Waals surface area contributed by atoms with Crippen molar-refractivity contribution in [3.63, 3.8) is 0 Å². The fraction of sp³-hybridized carbons (Fsp3) is 0.160. The summed E-state index contributed by atoms with van der Waals surface area (Å²) in [6, 6.07) is 26.2. The Labute approximate surface area is 170 Å². The lowest BCUT2D eigenvalue weighted by molar-refractivity contribution is -0.0952. The molecule has 1 amide bonds. The van der Waals surface area contributed by atoms with Crippen LogP contribution in [0.15, 0.2) is 97.1 Å². The van der Waals surface area contributed by atoms with Gasteiger partial charge in [0.15, 0.2) is 0 Å². The van der Waals surface area contributed by atoms with Gasteiger partial charge in [-0.05, 0) is 54.8 Å². The lowest BCUT2D eigenvalue weighted by Gasteiger charge is -2.28. The standard InChI is InChI=1S/C25H23NO3/c27-25(20-10-3-1-4-11-20)26(28)24-16-8-12-21(24)17-19-9-7-15-23(18-19)29-22-13-5-2-6-14-22/h1-15,18,21,24,28H,16-17H2/t21-,24+/m0/s1. The summed E-state index contributed by atoms with van der Waals surface area (Å²) >= 11 is 0. The maximum Gasteiger partial charge on any atom is 0.277 e. The molecule has 146 valence electrons. The van der Waals surface area contributed by atoms with Crippen LogP contribution in [-0.4, -0.2) is 22.2 Å². The van der Waals surface area contributed by atoms with Gasteiger partial charge in [-0.1, -0.05) is 60.7 Å². The highest BCUT2D eigenvalue weighted by atomic mass is 16.5. The van der Waals surface area contributed by atoms with Gasteiger partial charge in [-0.3, -0.25) is 10.0 Å². The molecule has 0 heterocycles. The Balaban J connectivity index is 1.45. The van der Waals surface area contributed by atoms with E-state index < -0.39 is 0 Å². The Morgan fingerprint density at radius 2 is 1.62 bits per heavy atom. The Kier molecular flexibility index (Phi) is 5.73. The molecule has 2 atom stereocenters. The van der Waals surface area contributed by atoms with E-state index in [2.05, 4.69) is 6.08 Å². The maximum absolute atomic E-state index is 12.6. The molecule has 4 heteroatoms. The Morgan fingerprint density at radius 3 is 2.38 bits per heavy atom. The van der Waals surface area contributed by atoms with Crippen LogP contribution in [-0.2, 0) is 6.42 Å². The summed E-state index contributed by atoms with van der Waals surface area (Å²) in [5.41, 5.74) is 1.58. The number of rotatable bonds is 6. The summed E-state index contributed by atoms with van der Waals surface area (Å²) in [6.07, 6.45) is 5.46. The first-order valence-electron chi connectivity index (χ1n) is 9.77. The van der Waals surface area contributed by atoms with Crippen molar-refractivity contribution in [1.82, 2.24) is 5.06 Å². The highest BCUT2D eigenvalue weighted by Gasteiger charge is 2.31. The number of carbonyl (C=O) groups is 1. The van der Waals surface area contributed by atoms with Crippen LogP contribution in [0.2, 0.25) is 0 Å². The third-order valence-corrected chi connectivity index (χ3v) is 5.15. The first-order chi connectivity index (χ1) is 14.2. The van der Waals surface area contributed by atoms with Gasteiger partial charge in [-0.15, -0.1) is 0 Å². The van der Waals surface area contributed by atoms with E-state index >= 15 is 0 Å². The minimum atomic E-state index is -0.370. The van der Waals surface area contributed by atoms with E-state index in [1.165, 1.54) is 0 Å². The second-order valence-electron chi connectivity index (χ2n) is 7.18. The highest BCUT2D eigenvalue weighted by molar-refractivity contribution is 5.93. The number of carbonyl (C=O) groups excluding carboxylic acids is 1. The van der Waals surface area contributed by atoms with Crippen molar-refractivity contribution in [2.45, 2.75) is 18.9 Å². The van der Waals surface area contributed by atoms with Gasteiger partial charge in [0.05, 0.1) is 6.04 Å². The predicted octanol–water partition coefficient (Wildman–Crippen LogP) is 5.50. The average molecular weight is 385 g/mol. The van der Waals surface area contributed by atoms with Crippen molar-refractivity contribution in [2.24, 2.45) is 5.92 Å². The van der Waals surface area contributed by atoms with E-state index in [4.69, 9.17) is 4.74 Å². The molecule has 0 aromatic heterocycles. The smallest absolute Gasteiger partial charge is 0.277 e. The minimum Gasteiger partial charge on any atom is -0.457 e. The van der Waals surface area contributed by atoms with Crippen LogP contribution in [0.3, 0.4) is 0 Å². The Hall–Kier alpha value is -3.37. The van der Waals surface area contributed by atoms with Crippen molar-refractivity contribution in [3.8, 4) is 11.5 Å². The lowest BCUT2D eigenvalue weighted by Crippen LogP contribution is -2.40. The molecule has 1 aliphatic rings. The molecule has 1 aliphatic carbocycles. The van der Waals surface area contributed by atoms with E-state index in [-0.39, 0.29) is 17.9 Å². The molecule has 0 saturated carbocycles. The lowest BCUT2D eigenvalue weighted by atomic mass is 9.94. The van der Waals surface area contributed by atoms with Crippen molar-refractivity contribution in [3.05, 3.63) is 108 Å². The van der Waals surface area contributed by atoms with Crippen LogP contribution in [0.25, 0.3) is 0 Å². The van der Waals surface area contributed by atoms with Crippen LogP contribution >= 0.6 is 0 Å². The number of para-hydroxylation sites is 1. The first kappa shape index (κ1) is 19.0.